The molecule has 6 heteroatoms. The van der Waals surface area contributed by atoms with Gasteiger partial charge in [-0.15, -0.1) is 0 Å². The quantitative estimate of drug-likeness (QED) is 0.677. The number of nitrogens with one attached hydrogen (secondary N) is 1. The highest BCUT2D eigenvalue weighted by Crippen LogP contribution is 2.28. The lowest BCUT2D eigenvalue weighted by molar-refractivity contribution is -0.132. The maximum atomic E-state index is 12.8. The van der Waals surface area contributed by atoms with Gasteiger partial charge in [-0.1, -0.05) is 29.8 Å². The van der Waals surface area contributed by atoms with E-state index in [9.17, 15) is 9.59 Å². The van der Waals surface area contributed by atoms with Gasteiger partial charge in [0, 0.05) is 37.0 Å². The first-order valence-corrected chi connectivity index (χ1v) is 11.7. The smallest absolute Gasteiger partial charge is 0.246 e. The molecule has 32 heavy (non-hydrogen) atoms. The summed E-state index contributed by atoms with van der Waals surface area (Å²) in [5.74, 6) is 0.638. The number of likely N-dealkylation sites (tertiary alicyclic amines) is 1. The van der Waals surface area contributed by atoms with E-state index in [2.05, 4.69) is 41.6 Å². The summed E-state index contributed by atoms with van der Waals surface area (Å²) in [7, 11) is 0. The van der Waals surface area contributed by atoms with Gasteiger partial charge in [0.2, 0.25) is 11.8 Å². The molecular formula is C26H34N4O2. The zero-order chi connectivity index (χ0) is 22.7. The van der Waals surface area contributed by atoms with E-state index < -0.39 is 0 Å². The van der Waals surface area contributed by atoms with E-state index in [0.29, 0.717) is 25.6 Å². The van der Waals surface area contributed by atoms with Gasteiger partial charge in [0.25, 0.3) is 0 Å². The number of carbonyl (C=O) groups is 2. The van der Waals surface area contributed by atoms with Crippen molar-refractivity contribution in [3.63, 3.8) is 0 Å². The van der Waals surface area contributed by atoms with Crippen molar-refractivity contribution in [1.82, 2.24) is 20.0 Å². The van der Waals surface area contributed by atoms with Crippen molar-refractivity contribution in [2.24, 2.45) is 11.8 Å². The van der Waals surface area contributed by atoms with Gasteiger partial charge in [-0.3, -0.25) is 14.3 Å². The largest absolute Gasteiger partial charge is 0.356 e. The van der Waals surface area contributed by atoms with E-state index in [4.69, 9.17) is 0 Å². The van der Waals surface area contributed by atoms with Crippen molar-refractivity contribution in [3.05, 3.63) is 58.4 Å². The molecule has 1 N–H and O–H groups in total. The molecule has 2 amide bonds. The van der Waals surface area contributed by atoms with Gasteiger partial charge in [-0.2, -0.15) is 5.10 Å². The SMILES string of the molecule is Cc1ccc(Cn2nc(C)c(/C=C/C(=O)N3CCCC(C(=O)NCC4CC4)C3)c2C)cc1. The van der Waals surface area contributed by atoms with E-state index >= 15 is 0 Å². The molecule has 6 nitrogen and oxygen atoms in total. The molecule has 0 radical (unpaired) electrons. The van der Waals surface area contributed by atoms with Crippen molar-refractivity contribution in [3.8, 4) is 0 Å². The molecule has 1 saturated heterocycles. The van der Waals surface area contributed by atoms with Crippen LogP contribution in [0.4, 0.5) is 0 Å². The van der Waals surface area contributed by atoms with Gasteiger partial charge in [-0.25, -0.2) is 0 Å². The van der Waals surface area contributed by atoms with E-state index in [1.54, 1.807) is 6.08 Å². The molecule has 2 aliphatic rings. The lowest BCUT2D eigenvalue weighted by Gasteiger charge is -2.31. The van der Waals surface area contributed by atoms with Crippen molar-refractivity contribution >= 4 is 17.9 Å². The van der Waals surface area contributed by atoms with Crippen LogP contribution in [-0.2, 0) is 16.1 Å². The standard InChI is InChI=1S/C26H34N4O2/c1-18-6-8-22(9-7-18)16-30-20(3)24(19(2)28-30)12-13-25(31)29-14-4-5-23(17-29)26(32)27-15-21-10-11-21/h6-9,12-13,21,23H,4-5,10-11,14-17H2,1-3H3,(H,27,32)/b13-12+. The normalized spacial score (nSPS) is 18.8. The molecular weight excluding hydrogens is 400 g/mol. The number of aryl methyl sites for hydroxylation is 2. The molecule has 4 rings (SSSR count). The minimum Gasteiger partial charge on any atom is -0.356 e. The Hall–Kier alpha value is -2.89. The Morgan fingerprint density at radius 3 is 2.59 bits per heavy atom. The van der Waals surface area contributed by atoms with Gasteiger partial charge in [0.15, 0.2) is 0 Å². The molecule has 0 spiro atoms. The van der Waals surface area contributed by atoms with Crippen LogP contribution in [-0.4, -0.2) is 46.1 Å². The number of benzene rings is 1. The highest BCUT2D eigenvalue weighted by atomic mass is 16.2. The molecule has 1 atom stereocenters. The third-order valence-corrected chi connectivity index (χ3v) is 6.65. The maximum Gasteiger partial charge on any atom is 0.246 e. The minimum absolute atomic E-state index is 0.0326. The van der Waals surface area contributed by atoms with Crippen molar-refractivity contribution in [1.29, 1.82) is 0 Å². The van der Waals surface area contributed by atoms with Gasteiger partial charge in [0.1, 0.15) is 0 Å². The van der Waals surface area contributed by atoms with E-state index in [-0.39, 0.29) is 17.7 Å². The average Bonchev–Trinajstić information content (AvgIpc) is 3.58. The average molecular weight is 435 g/mol. The van der Waals surface area contributed by atoms with Crippen LogP contribution >= 0.6 is 0 Å². The fourth-order valence-electron chi connectivity index (χ4n) is 4.33. The first kappa shape index (κ1) is 22.3. The van der Waals surface area contributed by atoms with Crippen molar-refractivity contribution in [2.75, 3.05) is 19.6 Å². The number of hydrogen-bond donors (Lipinski definition) is 1. The number of aromatic nitrogens is 2. The number of hydrogen-bond acceptors (Lipinski definition) is 3. The number of nitrogens with zero attached hydrogens (tertiary/aromatic N) is 3. The summed E-state index contributed by atoms with van der Waals surface area (Å²) in [5, 5.41) is 7.75. The zero-order valence-electron chi connectivity index (χ0n) is 19.4. The Balaban J connectivity index is 1.37. The fraction of sp³-hybridized carbons (Fsp3) is 0.500. The Labute approximate surface area is 190 Å². The van der Waals surface area contributed by atoms with Crippen LogP contribution in [0, 0.1) is 32.6 Å². The number of rotatable bonds is 7. The Morgan fingerprint density at radius 2 is 1.88 bits per heavy atom. The third-order valence-electron chi connectivity index (χ3n) is 6.65. The molecule has 2 heterocycles. The molecule has 1 aliphatic heterocycles. The van der Waals surface area contributed by atoms with Crippen LogP contribution in [0.3, 0.4) is 0 Å². The highest BCUT2D eigenvalue weighted by molar-refractivity contribution is 5.92. The van der Waals surface area contributed by atoms with E-state index in [1.165, 1.54) is 24.0 Å². The second-order valence-corrected chi connectivity index (χ2v) is 9.37. The second kappa shape index (κ2) is 9.72. The van der Waals surface area contributed by atoms with Crippen LogP contribution in [0.1, 0.15) is 53.8 Å². The van der Waals surface area contributed by atoms with E-state index in [0.717, 1.165) is 36.3 Å². The second-order valence-electron chi connectivity index (χ2n) is 9.37. The molecule has 2 aromatic rings. The molecule has 0 bridgehead atoms. The van der Waals surface area contributed by atoms with Crippen LogP contribution in [0.25, 0.3) is 6.08 Å². The molecule has 2 fully saturated rings. The van der Waals surface area contributed by atoms with Crippen molar-refractivity contribution < 1.29 is 9.59 Å². The van der Waals surface area contributed by atoms with Gasteiger partial charge in [0.05, 0.1) is 18.2 Å². The summed E-state index contributed by atoms with van der Waals surface area (Å²) >= 11 is 0. The van der Waals surface area contributed by atoms with Crippen molar-refractivity contribution in [2.45, 2.75) is 53.0 Å². The Morgan fingerprint density at radius 1 is 1.12 bits per heavy atom. The lowest BCUT2D eigenvalue weighted by Crippen LogP contribution is -2.45. The van der Waals surface area contributed by atoms with Crippen LogP contribution in [0.2, 0.25) is 0 Å². The van der Waals surface area contributed by atoms with Gasteiger partial charge in [-0.05, 0) is 64.0 Å². The Kier molecular flexibility index (Phi) is 6.77. The third kappa shape index (κ3) is 5.47. The molecule has 1 aromatic carbocycles. The highest BCUT2D eigenvalue weighted by Gasteiger charge is 2.29. The molecule has 1 aromatic heterocycles. The number of amides is 2. The number of carbonyl (C=O) groups excluding carboxylic acids is 2. The van der Waals surface area contributed by atoms with Crippen LogP contribution in [0.5, 0.6) is 0 Å². The summed E-state index contributed by atoms with van der Waals surface area (Å²) in [4.78, 5) is 27.1. The zero-order valence-corrected chi connectivity index (χ0v) is 19.4. The van der Waals surface area contributed by atoms with E-state index in [1.807, 2.05) is 29.5 Å². The summed E-state index contributed by atoms with van der Waals surface area (Å²) in [5.41, 5.74) is 5.38. The van der Waals surface area contributed by atoms with Gasteiger partial charge >= 0.3 is 0 Å². The van der Waals surface area contributed by atoms with Crippen LogP contribution < -0.4 is 5.32 Å². The minimum atomic E-state index is -0.0967. The molecule has 170 valence electrons. The first-order chi connectivity index (χ1) is 15.4. The Bertz CT molecular complexity index is 1000. The summed E-state index contributed by atoms with van der Waals surface area (Å²) in [6, 6.07) is 8.47. The summed E-state index contributed by atoms with van der Waals surface area (Å²) < 4.78 is 1.99. The van der Waals surface area contributed by atoms with Crippen LogP contribution in [0.15, 0.2) is 30.3 Å². The summed E-state index contributed by atoms with van der Waals surface area (Å²) in [6.45, 7) is 8.80. The predicted octanol–water partition coefficient (Wildman–Crippen LogP) is 3.63. The molecule has 1 unspecified atom stereocenters. The number of piperidine rings is 1. The maximum absolute atomic E-state index is 12.8. The predicted molar refractivity (Wildman–Crippen MR) is 126 cm³/mol. The fourth-order valence-corrected chi connectivity index (χ4v) is 4.33. The monoisotopic (exact) mass is 434 g/mol. The summed E-state index contributed by atoms with van der Waals surface area (Å²) in [6.07, 6.45) is 7.68. The topological polar surface area (TPSA) is 67.2 Å². The first-order valence-electron chi connectivity index (χ1n) is 11.7. The molecule has 1 aliphatic carbocycles. The van der Waals surface area contributed by atoms with Gasteiger partial charge < -0.3 is 10.2 Å². The lowest BCUT2D eigenvalue weighted by atomic mass is 9.97. The molecule has 1 saturated carbocycles.